The monoisotopic (exact) mass is 513 g/mol. The van der Waals surface area contributed by atoms with E-state index in [1.54, 1.807) is 18.3 Å². The third-order valence-electron chi connectivity index (χ3n) is 6.63. The predicted molar refractivity (Wildman–Crippen MR) is 147 cm³/mol. The zero-order valence-corrected chi connectivity index (χ0v) is 21.5. The summed E-state index contributed by atoms with van der Waals surface area (Å²) in [6.45, 7) is 4.40. The number of aromatic nitrogens is 2. The summed E-state index contributed by atoms with van der Waals surface area (Å²) >= 11 is 5.76. The lowest BCUT2D eigenvalue weighted by atomic mass is 10.0. The lowest BCUT2D eigenvalue weighted by Crippen LogP contribution is -2.33. The van der Waals surface area contributed by atoms with Gasteiger partial charge in [-0.05, 0) is 91.8 Å². The normalized spacial score (nSPS) is 17.1. The highest BCUT2D eigenvalue weighted by atomic mass is 32.1. The van der Waals surface area contributed by atoms with E-state index >= 15 is 0 Å². The van der Waals surface area contributed by atoms with Crippen molar-refractivity contribution in [3.63, 3.8) is 0 Å². The number of hydrogen-bond acceptors (Lipinski definition) is 3. The predicted octanol–water partition coefficient (Wildman–Crippen LogP) is 5.63. The molecule has 8 heteroatoms. The summed E-state index contributed by atoms with van der Waals surface area (Å²) in [4.78, 5) is 19.6. The van der Waals surface area contributed by atoms with Crippen LogP contribution in [-0.4, -0.2) is 32.0 Å². The summed E-state index contributed by atoms with van der Waals surface area (Å²) in [7, 11) is 0. The van der Waals surface area contributed by atoms with Crippen molar-refractivity contribution >= 4 is 28.9 Å². The lowest BCUT2D eigenvalue weighted by Gasteiger charge is -2.29. The highest BCUT2D eigenvalue weighted by Gasteiger charge is 2.41. The topological polar surface area (TPSA) is 62.2 Å². The van der Waals surface area contributed by atoms with Crippen LogP contribution in [0.5, 0.6) is 0 Å². The fraction of sp³-hybridized carbons (Fsp3) is 0.207. The first-order chi connectivity index (χ1) is 17.9. The SMILES string of the molecule is Cc1ccc(C)c(NC(=O)CCN2C(=S)NC(c3ccccn3)C2c2cccn2-c2ccc(F)cc2)c1. The van der Waals surface area contributed by atoms with Gasteiger partial charge in [0.15, 0.2) is 5.11 Å². The van der Waals surface area contributed by atoms with Crippen molar-refractivity contribution in [2.75, 3.05) is 11.9 Å². The first-order valence-corrected chi connectivity index (χ1v) is 12.6. The van der Waals surface area contributed by atoms with E-state index in [9.17, 15) is 9.18 Å². The molecule has 1 fully saturated rings. The molecule has 6 nitrogen and oxygen atoms in total. The number of pyridine rings is 1. The molecule has 2 unspecified atom stereocenters. The largest absolute Gasteiger partial charge is 0.352 e. The smallest absolute Gasteiger partial charge is 0.226 e. The van der Waals surface area contributed by atoms with Crippen molar-refractivity contribution in [1.29, 1.82) is 0 Å². The van der Waals surface area contributed by atoms with Crippen molar-refractivity contribution in [1.82, 2.24) is 19.8 Å². The van der Waals surface area contributed by atoms with Gasteiger partial charge in [0.1, 0.15) is 5.82 Å². The van der Waals surface area contributed by atoms with Crippen LogP contribution < -0.4 is 10.6 Å². The van der Waals surface area contributed by atoms with Crippen LogP contribution in [0.25, 0.3) is 5.69 Å². The van der Waals surface area contributed by atoms with Crippen LogP contribution >= 0.6 is 12.2 Å². The molecule has 0 saturated carbocycles. The molecule has 0 bridgehead atoms. The molecular weight excluding hydrogens is 485 g/mol. The number of nitrogens with zero attached hydrogens (tertiary/aromatic N) is 3. The van der Waals surface area contributed by atoms with E-state index in [0.29, 0.717) is 11.7 Å². The first kappa shape index (κ1) is 24.6. The van der Waals surface area contributed by atoms with Gasteiger partial charge >= 0.3 is 0 Å². The molecule has 0 spiro atoms. The molecule has 2 aromatic carbocycles. The Morgan fingerprint density at radius 3 is 2.65 bits per heavy atom. The lowest BCUT2D eigenvalue weighted by molar-refractivity contribution is -0.116. The maximum Gasteiger partial charge on any atom is 0.226 e. The summed E-state index contributed by atoms with van der Waals surface area (Å²) in [5.74, 6) is -0.366. The maximum atomic E-state index is 13.6. The summed E-state index contributed by atoms with van der Waals surface area (Å²) in [5.41, 5.74) is 5.58. The summed E-state index contributed by atoms with van der Waals surface area (Å²) in [6.07, 6.45) is 3.97. The van der Waals surface area contributed by atoms with Crippen LogP contribution in [0.4, 0.5) is 10.1 Å². The maximum absolute atomic E-state index is 13.6. The summed E-state index contributed by atoms with van der Waals surface area (Å²) in [6, 6.07) is 21.7. The number of amides is 1. The standard InChI is InChI=1S/C29H28FN5OS/c1-19-8-9-20(2)24(18-19)32-26(36)14-17-35-28(27(33-29(35)37)23-6-3-4-15-31-23)25-7-5-16-34(25)22-12-10-21(30)11-13-22/h3-13,15-16,18,27-28H,14,17H2,1-2H3,(H,32,36)(H,33,37). The van der Waals surface area contributed by atoms with Crippen molar-refractivity contribution in [2.24, 2.45) is 0 Å². The molecule has 1 saturated heterocycles. The Morgan fingerprint density at radius 1 is 1.08 bits per heavy atom. The van der Waals surface area contributed by atoms with Crippen LogP contribution in [0.15, 0.2) is 85.2 Å². The van der Waals surface area contributed by atoms with Crippen LogP contribution in [0, 0.1) is 19.7 Å². The average molecular weight is 514 g/mol. The molecule has 3 heterocycles. The van der Waals surface area contributed by atoms with Crippen molar-refractivity contribution < 1.29 is 9.18 Å². The number of anilines is 1. The highest BCUT2D eigenvalue weighted by Crippen LogP contribution is 2.39. The average Bonchev–Trinajstić information content (AvgIpc) is 3.50. The number of carbonyl (C=O) groups is 1. The number of hydrogen-bond donors (Lipinski definition) is 2. The van der Waals surface area contributed by atoms with E-state index in [-0.39, 0.29) is 30.2 Å². The second-order valence-corrected chi connectivity index (χ2v) is 9.60. The number of halogens is 1. The number of thiocarbonyl (C=S) groups is 1. The number of benzene rings is 2. The van der Waals surface area contributed by atoms with Gasteiger partial charge in [-0.15, -0.1) is 0 Å². The molecule has 0 aliphatic carbocycles. The zero-order valence-electron chi connectivity index (χ0n) is 20.7. The third kappa shape index (κ3) is 5.24. The minimum Gasteiger partial charge on any atom is -0.352 e. The van der Waals surface area contributed by atoms with E-state index in [1.165, 1.54) is 12.1 Å². The van der Waals surface area contributed by atoms with Gasteiger partial charge in [0.25, 0.3) is 0 Å². The molecule has 5 rings (SSSR count). The minimum absolute atomic E-state index is 0.0783. The molecule has 2 atom stereocenters. The highest BCUT2D eigenvalue weighted by molar-refractivity contribution is 7.80. The Hall–Kier alpha value is -4.04. The van der Waals surface area contributed by atoms with Gasteiger partial charge < -0.3 is 20.1 Å². The Balaban J connectivity index is 1.44. The number of nitrogens with one attached hydrogen (secondary N) is 2. The molecule has 1 aliphatic rings. The first-order valence-electron chi connectivity index (χ1n) is 12.2. The molecule has 2 N–H and O–H groups in total. The molecule has 1 aliphatic heterocycles. The number of carbonyl (C=O) groups excluding carboxylic acids is 1. The Morgan fingerprint density at radius 2 is 1.89 bits per heavy atom. The van der Waals surface area contributed by atoms with Gasteiger partial charge in [0.2, 0.25) is 5.91 Å². The Kier molecular flexibility index (Phi) is 7.01. The second kappa shape index (κ2) is 10.5. The van der Waals surface area contributed by atoms with E-state index in [2.05, 4.69) is 15.6 Å². The fourth-order valence-electron chi connectivity index (χ4n) is 4.75. The second-order valence-electron chi connectivity index (χ2n) is 9.22. The van der Waals surface area contributed by atoms with Crippen LogP contribution in [-0.2, 0) is 4.79 Å². The van der Waals surface area contributed by atoms with Gasteiger partial charge in [-0.1, -0.05) is 18.2 Å². The molecule has 4 aromatic rings. The van der Waals surface area contributed by atoms with Gasteiger partial charge in [-0.3, -0.25) is 9.78 Å². The van der Waals surface area contributed by atoms with Crippen LogP contribution in [0.2, 0.25) is 0 Å². The quantitative estimate of drug-likeness (QED) is 0.314. The van der Waals surface area contributed by atoms with E-state index in [4.69, 9.17) is 12.2 Å². The van der Waals surface area contributed by atoms with Gasteiger partial charge in [0.05, 0.1) is 17.8 Å². The van der Waals surface area contributed by atoms with Crippen molar-refractivity contribution in [3.05, 3.63) is 114 Å². The van der Waals surface area contributed by atoms with E-state index < -0.39 is 0 Å². The fourth-order valence-corrected chi connectivity index (χ4v) is 5.08. The molecule has 1 amide bonds. The van der Waals surface area contributed by atoms with Gasteiger partial charge in [-0.2, -0.15) is 0 Å². The third-order valence-corrected chi connectivity index (χ3v) is 6.99. The van der Waals surface area contributed by atoms with E-state index in [1.807, 2.05) is 78.0 Å². The molecule has 2 aromatic heterocycles. The molecule has 188 valence electrons. The number of aryl methyl sites for hydroxylation is 2. The molecule has 37 heavy (non-hydrogen) atoms. The van der Waals surface area contributed by atoms with Crippen molar-refractivity contribution in [3.8, 4) is 5.69 Å². The number of rotatable bonds is 7. The molecular formula is C29H28FN5OS. The van der Waals surface area contributed by atoms with Crippen LogP contribution in [0.1, 0.15) is 41.0 Å². The summed E-state index contributed by atoms with van der Waals surface area (Å²) < 4.78 is 15.6. The zero-order chi connectivity index (χ0) is 25.9. The van der Waals surface area contributed by atoms with Crippen molar-refractivity contribution in [2.45, 2.75) is 32.4 Å². The minimum atomic E-state index is -0.288. The summed E-state index contributed by atoms with van der Waals surface area (Å²) in [5, 5.41) is 7.03. The van der Waals surface area contributed by atoms with Crippen LogP contribution in [0.3, 0.4) is 0 Å². The molecule has 0 radical (unpaired) electrons. The van der Waals surface area contributed by atoms with Gasteiger partial charge in [0, 0.05) is 42.4 Å². The Labute approximate surface area is 221 Å². The van der Waals surface area contributed by atoms with E-state index in [0.717, 1.165) is 33.9 Å². The van der Waals surface area contributed by atoms with Gasteiger partial charge in [-0.25, -0.2) is 4.39 Å². The Bertz CT molecular complexity index is 1420.